The maximum Gasteiger partial charge on any atom is 0.161 e. The van der Waals surface area contributed by atoms with Gasteiger partial charge in [-0.1, -0.05) is 13.3 Å². The van der Waals surface area contributed by atoms with E-state index in [2.05, 4.69) is 33.9 Å². The van der Waals surface area contributed by atoms with Gasteiger partial charge < -0.3 is 0 Å². The molecule has 1 nitrogen and oxygen atoms in total. The molecule has 2 aromatic heterocycles. The van der Waals surface area contributed by atoms with E-state index in [0.29, 0.717) is 0 Å². The van der Waals surface area contributed by atoms with Crippen LogP contribution in [-0.4, -0.2) is 4.98 Å². The van der Waals surface area contributed by atoms with Crippen LogP contribution in [0.2, 0.25) is 0 Å². The molecule has 2 heterocycles. The summed E-state index contributed by atoms with van der Waals surface area (Å²) in [6.45, 7) is 2.23. The SMILES string of the molecule is CCCCc1cc2sc(Br)nc2s1. The van der Waals surface area contributed by atoms with Gasteiger partial charge in [-0.2, -0.15) is 0 Å². The van der Waals surface area contributed by atoms with Crippen molar-refractivity contribution < 1.29 is 0 Å². The van der Waals surface area contributed by atoms with E-state index in [0.717, 1.165) is 3.92 Å². The van der Waals surface area contributed by atoms with Gasteiger partial charge in [0.25, 0.3) is 0 Å². The normalized spacial score (nSPS) is 11.2. The van der Waals surface area contributed by atoms with Gasteiger partial charge in [0.1, 0.15) is 4.83 Å². The van der Waals surface area contributed by atoms with Crippen molar-refractivity contribution in [2.45, 2.75) is 26.2 Å². The summed E-state index contributed by atoms with van der Waals surface area (Å²) in [5.74, 6) is 0. The molecule has 0 aliphatic heterocycles. The van der Waals surface area contributed by atoms with Gasteiger partial charge in [-0.15, -0.1) is 22.7 Å². The number of aromatic nitrogens is 1. The Bertz CT molecular complexity index is 373. The Morgan fingerprint density at radius 2 is 2.31 bits per heavy atom. The molecule has 0 unspecified atom stereocenters. The highest BCUT2D eigenvalue weighted by Crippen LogP contribution is 2.33. The molecule has 0 saturated heterocycles. The quantitative estimate of drug-likeness (QED) is 0.806. The molecule has 2 rings (SSSR count). The van der Waals surface area contributed by atoms with Crippen molar-refractivity contribution >= 4 is 48.1 Å². The Hall–Kier alpha value is 0.0700. The molecular weight excluding hydrogens is 266 g/mol. The van der Waals surface area contributed by atoms with Gasteiger partial charge in [0.15, 0.2) is 3.92 Å². The molecule has 0 N–H and O–H groups in total. The second-order valence-corrected chi connectivity index (χ2v) is 6.37. The van der Waals surface area contributed by atoms with Crippen LogP contribution in [0, 0.1) is 0 Å². The van der Waals surface area contributed by atoms with E-state index in [-0.39, 0.29) is 0 Å². The van der Waals surface area contributed by atoms with Gasteiger partial charge in [0, 0.05) is 4.88 Å². The summed E-state index contributed by atoms with van der Waals surface area (Å²) in [6.07, 6.45) is 3.76. The van der Waals surface area contributed by atoms with Crippen LogP contribution in [0.5, 0.6) is 0 Å². The van der Waals surface area contributed by atoms with Crippen molar-refractivity contribution in [2.75, 3.05) is 0 Å². The maximum atomic E-state index is 4.40. The summed E-state index contributed by atoms with van der Waals surface area (Å²) in [5, 5.41) is 0. The van der Waals surface area contributed by atoms with Gasteiger partial charge in [-0.3, -0.25) is 0 Å². The Morgan fingerprint density at radius 3 is 3.00 bits per heavy atom. The number of hydrogen-bond acceptors (Lipinski definition) is 3. The van der Waals surface area contributed by atoms with E-state index in [1.807, 2.05) is 11.3 Å². The zero-order valence-corrected chi connectivity index (χ0v) is 10.6. The highest BCUT2D eigenvalue weighted by molar-refractivity contribution is 9.11. The summed E-state index contributed by atoms with van der Waals surface area (Å²) in [6, 6.07) is 2.28. The van der Waals surface area contributed by atoms with E-state index in [4.69, 9.17) is 0 Å². The predicted octanol–water partition coefficient (Wildman–Crippen LogP) is 4.46. The number of nitrogens with zero attached hydrogens (tertiary/aromatic N) is 1. The van der Waals surface area contributed by atoms with E-state index < -0.39 is 0 Å². The number of unbranched alkanes of at least 4 members (excludes halogenated alkanes) is 1. The van der Waals surface area contributed by atoms with Crippen LogP contribution in [0.4, 0.5) is 0 Å². The lowest BCUT2D eigenvalue weighted by atomic mass is 10.2. The molecule has 0 bridgehead atoms. The van der Waals surface area contributed by atoms with Crippen LogP contribution in [0.25, 0.3) is 9.53 Å². The fourth-order valence-electron chi connectivity index (χ4n) is 1.23. The Balaban J connectivity index is 2.24. The Morgan fingerprint density at radius 1 is 1.46 bits per heavy atom. The standard InChI is InChI=1S/C9H10BrNS2/c1-2-3-4-6-5-7-8(12-6)11-9(10)13-7/h5H,2-4H2,1H3. The number of thiophene rings is 1. The van der Waals surface area contributed by atoms with Crippen molar-refractivity contribution in [3.63, 3.8) is 0 Å². The number of rotatable bonds is 3. The molecule has 0 aromatic carbocycles. The molecule has 0 spiro atoms. The molecule has 0 amide bonds. The fourth-order valence-corrected chi connectivity index (χ4v) is 4.05. The lowest BCUT2D eigenvalue weighted by Gasteiger charge is -1.90. The third kappa shape index (κ3) is 2.11. The highest BCUT2D eigenvalue weighted by atomic mass is 79.9. The van der Waals surface area contributed by atoms with Crippen molar-refractivity contribution in [1.82, 2.24) is 4.98 Å². The smallest absolute Gasteiger partial charge is 0.161 e. The first-order valence-corrected chi connectivity index (χ1v) is 6.77. The minimum Gasteiger partial charge on any atom is -0.218 e. The topological polar surface area (TPSA) is 12.9 Å². The molecule has 0 radical (unpaired) electrons. The molecule has 2 aromatic rings. The zero-order valence-electron chi connectivity index (χ0n) is 7.34. The second kappa shape index (κ2) is 4.07. The van der Waals surface area contributed by atoms with E-state index in [1.54, 1.807) is 11.3 Å². The monoisotopic (exact) mass is 275 g/mol. The van der Waals surface area contributed by atoms with E-state index in [1.165, 1.54) is 33.7 Å². The first-order chi connectivity index (χ1) is 6.29. The molecule has 0 saturated carbocycles. The molecule has 0 fully saturated rings. The Kier molecular flexibility index (Phi) is 3.01. The summed E-state index contributed by atoms with van der Waals surface area (Å²) in [7, 11) is 0. The highest BCUT2D eigenvalue weighted by Gasteiger charge is 2.06. The second-order valence-electron chi connectivity index (χ2n) is 2.95. The average Bonchev–Trinajstić information content (AvgIpc) is 2.57. The lowest BCUT2D eigenvalue weighted by Crippen LogP contribution is -1.76. The van der Waals surface area contributed by atoms with Crippen LogP contribution in [0.3, 0.4) is 0 Å². The summed E-state index contributed by atoms with van der Waals surface area (Å²) in [4.78, 5) is 7.05. The molecule has 0 atom stereocenters. The van der Waals surface area contributed by atoms with Crippen molar-refractivity contribution in [2.24, 2.45) is 0 Å². The maximum absolute atomic E-state index is 4.40. The molecule has 70 valence electrons. The largest absolute Gasteiger partial charge is 0.218 e. The molecule has 4 heteroatoms. The van der Waals surface area contributed by atoms with E-state index in [9.17, 15) is 0 Å². The predicted molar refractivity (Wildman–Crippen MR) is 63.8 cm³/mol. The first-order valence-electron chi connectivity index (χ1n) is 4.34. The zero-order chi connectivity index (χ0) is 9.26. The fraction of sp³-hybridized carbons (Fsp3) is 0.444. The summed E-state index contributed by atoms with van der Waals surface area (Å²) < 4.78 is 2.32. The Labute approximate surface area is 93.9 Å². The van der Waals surface area contributed by atoms with Crippen LogP contribution in [-0.2, 0) is 6.42 Å². The number of fused-ring (bicyclic) bond motifs is 1. The number of aryl methyl sites for hydroxylation is 1. The van der Waals surface area contributed by atoms with Gasteiger partial charge in [0.2, 0.25) is 0 Å². The third-order valence-electron chi connectivity index (χ3n) is 1.89. The molecular formula is C9H10BrNS2. The number of thiazole rings is 1. The van der Waals surface area contributed by atoms with Crippen LogP contribution in [0.15, 0.2) is 9.98 Å². The van der Waals surface area contributed by atoms with Crippen molar-refractivity contribution in [3.8, 4) is 0 Å². The molecule has 0 aliphatic rings. The van der Waals surface area contributed by atoms with Crippen molar-refractivity contribution in [3.05, 3.63) is 14.9 Å². The third-order valence-corrected chi connectivity index (χ3v) is 4.56. The van der Waals surface area contributed by atoms with Crippen LogP contribution < -0.4 is 0 Å². The van der Waals surface area contributed by atoms with Gasteiger partial charge in [-0.25, -0.2) is 4.98 Å². The van der Waals surface area contributed by atoms with Gasteiger partial charge >= 0.3 is 0 Å². The minimum absolute atomic E-state index is 0.996. The van der Waals surface area contributed by atoms with Gasteiger partial charge in [-0.05, 0) is 34.8 Å². The van der Waals surface area contributed by atoms with Gasteiger partial charge in [0.05, 0.1) is 4.70 Å². The molecule has 0 aliphatic carbocycles. The summed E-state index contributed by atoms with van der Waals surface area (Å²) >= 11 is 6.94. The average molecular weight is 276 g/mol. The first kappa shape index (κ1) is 9.62. The molecule has 13 heavy (non-hydrogen) atoms. The van der Waals surface area contributed by atoms with Crippen LogP contribution in [0.1, 0.15) is 24.6 Å². The minimum atomic E-state index is 0.996. The summed E-state index contributed by atoms with van der Waals surface area (Å²) in [5.41, 5.74) is 0. The van der Waals surface area contributed by atoms with Crippen LogP contribution >= 0.6 is 38.6 Å². The van der Waals surface area contributed by atoms with Crippen molar-refractivity contribution in [1.29, 1.82) is 0 Å². The van der Waals surface area contributed by atoms with E-state index >= 15 is 0 Å². The number of halogens is 1. The lowest BCUT2D eigenvalue weighted by molar-refractivity contribution is 0.804. The number of hydrogen-bond donors (Lipinski definition) is 0.